The van der Waals surface area contributed by atoms with Crippen LogP contribution in [0.1, 0.15) is 19.6 Å². The summed E-state index contributed by atoms with van der Waals surface area (Å²) in [7, 11) is 1.68. The summed E-state index contributed by atoms with van der Waals surface area (Å²) in [4.78, 5) is 0. The molecule has 1 aromatic carbocycles. The van der Waals surface area contributed by atoms with Crippen molar-refractivity contribution in [2.45, 2.75) is 25.9 Å². The van der Waals surface area contributed by atoms with Gasteiger partial charge in [-0.25, -0.2) is 4.39 Å². The van der Waals surface area contributed by atoms with E-state index in [1.165, 1.54) is 12.1 Å². The highest BCUT2D eigenvalue weighted by molar-refractivity contribution is 5.57. The molecule has 0 aliphatic carbocycles. The maximum Gasteiger partial charge on any atom is 0.134 e. The molecule has 4 heteroatoms. The van der Waals surface area contributed by atoms with Crippen LogP contribution in [0.25, 0.3) is 11.3 Å². The van der Waals surface area contributed by atoms with Gasteiger partial charge < -0.3 is 14.5 Å². The van der Waals surface area contributed by atoms with Crippen molar-refractivity contribution in [2.75, 3.05) is 13.7 Å². The van der Waals surface area contributed by atoms with Gasteiger partial charge in [0, 0.05) is 18.2 Å². The number of hydrogen-bond acceptors (Lipinski definition) is 3. The van der Waals surface area contributed by atoms with Crippen LogP contribution in [0.15, 0.2) is 40.8 Å². The molecule has 20 heavy (non-hydrogen) atoms. The SMILES string of the molecule is COCC(C)(C)NCc1ccc(-c2ccc(F)cc2)o1. The molecular formula is C16H20FNO2. The number of hydrogen-bond donors (Lipinski definition) is 1. The summed E-state index contributed by atoms with van der Waals surface area (Å²) in [5.41, 5.74) is 0.756. The molecule has 0 aliphatic rings. The molecule has 1 N–H and O–H groups in total. The van der Waals surface area contributed by atoms with Crippen molar-refractivity contribution < 1.29 is 13.5 Å². The van der Waals surface area contributed by atoms with Gasteiger partial charge >= 0.3 is 0 Å². The first-order valence-electron chi connectivity index (χ1n) is 6.59. The first-order valence-corrected chi connectivity index (χ1v) is 6.59. The lowest BCUT2D eigenvalue weighted by Crippen LogP contribution is -2.42. The summed E-state index contributed by atoms with van der Waals surface area (Å²) in [6, 6.07) is 10.1. The van der Waals surface area contributed by atoms with E-state index in [-0.39, 0.29) is 11.4 Å². The third-order valence-corrected chi connectivity index (χ3v) is 3.04. The predicted octanol–water partition coefficient (Wildman–Crippen LogP) is 3.60. The molecule has 0 amide bonds. The highest BCUT2D eigenvalue weighted by atomic mass is 19.1. The van der Waals surface area contributed by atoms with E-state index in [4.69, 9.17) is 9.15 Å². The molecule has 1 heterocycles. The zero-order chi connectivity index (χ0) is 14.6. The zero-order valence-corrected chi connectivity index (χ0v) is 12.1. The Morgan fingerprint density at radius 3 is 2.50 bits per heavy atom. The molecule has 1 aromatic heterocycles. The van der Waals surface area contributed by atoms with Crippen molar-refractivity contribution in [1.82, 2.24) is 5.32 Å². The van der Waals surface area contributed by atoms with Crippen molar-refractivity contribution in [3.8, 4) is 11.3 Å². The molecule has 0 bridgehead atoms. The fourth-order valence-electron chi connectivity index (χ4n) is 1.98. The average molecular weight is 277 g/mol. The summed E-state index contributed by atoms with van der Waals surface area (Å²) in [5, 5.41) is 3.37. The lowest BCUT2D eigenvalue weighted by Gasteiger charge is -2.24. The molecule has 0 fully saturated rings. The summed E-state index contributed by atoms with van der Waals surface area (Å²) in [5.74, 6) is 1.34. The Balaban J connectivity index is 2.00. The monoisotopic (exact) mass is 277 g/mol. The minimum Gasteiger partial charge on any atom is -0.460 e. The Morgan fingerprint density at radius 1 is 1.15 bits per heavy atom. The van der Waals surface area contributed by atoms with Gasteiger partial charge in [0.05, 0.1) is 13.2 Å². The Bertz CT molecular complexity index is 546. The van der Waals surface area contributed by atoms with Crippen LogP contribution in [-0.4, -0.2) is 19.3 Å². The minimum atomic E-state index is -0.247. The molecule has 3 nitrogen and oxygen atoms in total. The fraction of sp³-hybridized carbons (Fsp3) is 0.375. The minimum absolute atomic E-state index is 0.114. The van der Waals surface area contributed by atoms with Crippen LogP contribution in [0.4, 0.5) is 4.39 Å². The van der Waals surface area contributed by atoms with Gasteiger partial charge in [-0.2, -0.15) is 0 Å². The average Bonchev–Trinajstić information content (AvgIpc) is 2.86. The van der Waals surface area contributed by atoms with E-state index in [1.54, 1.807) is 19.2 Å². The van der Waals surface area contributed by atoms with Crippen LogP contribution in [0.2, 0.25) is 0 Å². The van der Waals surface area contributed by atoms with Crippen molar-refractivity contribution in [3.05, 3.63) is 48.0 Å². The molecule has 0 saturated heterocycles. The second-order valence-corrected chi connectivity index (χ2v) is 5.44. The summed E-state index contributed by atoms with van der Waals surface area (Å²) < 4.78 is 23.8. The molecule has 0 aliphatic heterocycles. The molecule has 0 atom stereocenters. The van der Waals surface area contributed by atoms with Gasteiger partial charge in [-0.3, -0.25) is 0 Å². The standard InChI is InChI=1S/C16H20FNO2/c1-16(2,11-19-3)18-10-14-8-9-15(20-14)12-4-6-13(17)7-5-12/h4-9,18H,10-11H2,1-3H3. The summed E-state index contributed by atoms with van der Waals surface area (Å²) in [6.45, 7) is 5.39. The second-order valence-electron chi connectivity index (χ2n) is 5.44. The van der Waals surface area contributed by atoms with E-state index >= 15 is 0 Å². The van der Waals surface area contributed by atoms with E-state index in [2.05, 4.69) is 19.2 Å². The topological polar surface area (TPSA) is 34.4 Å². The lowest BCUT2D eigenvalue weighted by molar-refractivity contribution is 0.126. The van der Waals surface area contributed by atoms with E-state index in [0.29, 0.717) is 13.2 Å². The number of ether oxygens (including phenoxy) is 1. The molecular weight excluding hydrogens is 257 g/mol. The quantitative estimate of drug-likeness (QED) is 0.876. The Kier molecular flexibility index (Phi) is 4.57. The molecule has 108 valence electrons. The van der Waals surface area contributed by atoms with Gasteiger partial charge in [0.25, 0.3) is 0 Å². The van der Waals surface area contributed by atoms with Gasteiger partial charge in [-0.1, -0.05) is 0 Å². The third-order valence-electron chi connectivity index (χ3n) is 3.04. The Labute approximate surface area is 118 Å². The van der Waals surface area contributed by atoms with E-state index in [0.717, 1.165) is 17.1 Å². The molecule has 0 radical (unpaired) electrons. The van der Waals surface area contributed by atoms with Crippen LogP contribution in [-0.2, 0) is 11.3 Å². The zero-order valence-electron chi connectivity index (χ0n) is 12.1. The van der Waals surface area contributed by atoms with E-state index in [1.807, 2.05) is 12.1 Å². The smallest absolute Gasteiger partial charge is 0.134 e. The molecule has 0 unspecified atom stereocenters. The van der Waals surface area contributed by atoms with Crippen LogP contribution in [0.3, 0.4) is 0 Å². The van der Waals surface area contributed by atoms with Crippen molar-refractivity contribution in [3.63, 3.8) is 0 Å². The predicted molar refractivity (Wildman–Crippen MR) is 76.9 cm³/mol. The van der Waals surface area contributed by atoms with Gasteiger partial charge in [0.1, 0.15) is 17.3 Å². The van der Waals surface area contributed by atoms with Gasteiger partial charge in [-0.05, 0) is 50.2 Å². The first-order chi connectivity index (χ1) is 9.50. The van der Waals surface area contributed by atoms with E-state index < -0.39 is 0 Å². The summed E-state index contributed by atoms with van der Waals surface area (Å²) >= 11 is 0. The number of rotatable bonds is 6. The van der Waals surface area contributed by atoms with Crippen LogP contribution in [0.5, 0.6) is 0 Å². The highest BCUT2D eigenvalue weighted by Gasteiger charge is 2.17. The second kappa shape index (κ2) is 6.20. The molecule has 2 aromatic rings. The molecule has 0 spiro atoms. The van der Waals surface area contributed by atoms with Crippen molar-refractivity contribution >= 4 is 0 Å². The number of furan rings is 1. The summed E-state index contributed by atoms with van der Waals surface area (Å²) in [6.07, 6.45) is 0. The third kappa shape index (κ3) is 3.92. The molecule has 0 saturated carbocycles. The van der Waals surface area contributed by atoms with Gasteiger partial charge in [0.2, 0.25) is 0 Å². The number of nitrogens with one attached hydrogen (secondary N) is 1. The van der Waals surface area contributed by atoms with Crippen LogP contribution >= 0.6 is 0 Å². The maximum absolute atomic E-state index is 12.9. The fourth-order valence-corrected chi connectivity index (χ4v) is 1.98. The Morgan fingerprint density at radius 2 is 1.85 bits per heavy atom. The normalized spacial score (nSPS) is 11.8. The number of benzene rings is 1. The van der Waals surface area contributed by atoms with Crippen LogP contribution < -0.4 is 5.32 Å². The Hall–Kier alpha value is -1.65. The number of halogens is 1. The van der Waals surface area contributed by atoms with Crippen molar-refractivity contribution in [2.24, 2.45) is 0 Å². The maximum atomic E-state index is 12.9. The van der Waals surface area contributed by atoms with Crippen molar-refractivity contribution in [1.29, 1.82) is 0 Å². The number of methoxy groups -OCH3 is 1. The van der Waals surface area contributed by atoms with Gasteiger partial charge in [-0.15, -0.1) is 0 Å². The van der Waals surface area contributed by atoms with Crippen LogP contribution in [0, 0.1) is 5.82 Å². The lowest BCUT2D eigenvalue weighted by atomic mass is 10.1. The highest BCUT2D eigenvalue weighted by Crippen LogP contribution is 2.22. The molecule has 2 rings (SSSR count). The first kappa shape index (κ1) is 14.8. The largest absolute Gasteiger partial charge is 0.460 e. The van der Waals surface area contributed by atoms with Gasteiger partial charge in [0.15, 0.2) is 0 Å². The van der Waals surface area contributed by atoms with E-state index in [9.17, 15) is 4.39 Å².